The molecule has 0 bridgehead atoms. The van der Waals surface area contributed by atoms with E-state index in [1.807, 2.05) is 55.5 Å². The number of carboxylic acids is 1. The van der Waals surface area contributed by atoms with E-state index < -0.39 is 5.97 Å². The number of hydrogen-bond acceptors (Lipinski definition) is 4. The lowest BCUT2D eigenvalue weighted by Gasteiger charge is -2.02. The van der Waals surface area contributed by atoms with E-state index in [9.17, 15) is 4.79 Å². The Bertz CT molecular complexity index is 858. The number of aliphatic carboxylic acids is 1. The zero-order valence-corrected chi connectivity index (χ0v) is 15.3. The maximum absolute atomic E-state index is 11.2. The van der Waals surface area contributed by atoms with Gasteiger partial charge in [-0.2, -0.15) is 0 Å². The number of carboxylic acid groups (broad SMARTS) is 1. The maximum atomic E-state index is 11.2. The smallest absolute Gasteiger partial charge is 0.308 e. The van der Waals surface area contributed by atoms with Crippen LogP contribution in [0.4, 0.5) is 10.8 Å². The van der Waals surface area contributed by atoms with Crippen molar-refractivity contribution in [3.63, 3.8) is 0 Å². The molecule has 0 saturated heterocycles. The van der Waals surface area contributed by atoms with Crippen molar-refractivity contribution in [3.8, 4) is 11.3 Å². The molecule has 2 N–H and O–H groups in total. The Labute approximate surface area is 152 Å². The van der Waals surface area contributed by atoms with Crippen molar-refractivity contribution in [1.82, 2.24) is 4.98 Å². The molecule has 0 atom stereocenters. The van der Waals surface area contributed by atoms with E-state index >= 15 is 0 Å². The van der Waals surface area contributed by atoms with Gasteiger partial charge in [0, 0.05) is 20.6 Å². The first-order valence-corrected chi connectivity index (χ1v) is 8.93. The van der Waals surface area contributed by atoms with Crippen LogP contribution in [-0.2, 0) is 11.2 Å². The van der Waals surface area contributed by atoms with Gasteiger partial charge in [-0.1, -0.05) is 45.8 Å². The van der Waals surface area contributed by atoms with Crippen molar-refractivity contribution in [2.45, 2.75) is 13.3 Å². The fourth-order valence-corrected chi connectivity index (χ4v) is 3.52. The highest BCUT2D eigenvalue weighted by molar-refractivity contribution is 9.10. The summed E-state index contributed by atoms with van der Waals surface area (Å²) in [4.78, 5) is 16.5. The van der Waals surface area contributed by atoms with Crippen LogP contribution in [0.25, 0.3) is 11.3 Å². The third kappa shape index (κ3) is 4.01. The number of benzene rings is 2. The molecule has 4 nitrogen and oxygen atoms in total. The molecule has 0 fully saturated rings. The van der Waals surface area contributed by atoms with Gasteiger partial charge < -0.3 is 10.4 Å². The number of carbonyl (C=O) groups is 1. The van der Waals surface area contributed by atoms with Crippen molar-refractivity contribution in [2.24, 2.45) is 0 Å². The molecule has 0 spiro atoms. The van der Waals surface area contributed by atoms with Crippen LogP contribution in [0.5, 0.6) is 0 Å². The van der Waals surface area contributed by atoms with Gasteiger partial charge in [0.05, 0.1) is 12.1 Å². The molecule has 1 aromatic heterocycles. The van der Waals surface area contributed by atoms with Crippen molar-refractivity contribution >= 4 is 44.1 Å². The first kappa shape index (κ1) is 16.7. The lowest BCUT2D eigenvalue weighted by Crippen LogP contribution is -1.99. The minimum atomic E-state index is -0.859. The van der Waals surface area contributed by atoms with Crippen molar-refractivity contribution in [2.75, 3.05) is 5.32 Å². The molecule has 0 saturated carbocycles. The minimum absolute atomic E-state index is 0.0388. The van der Waals surface area contributed by atoms with Crippen LogP contribution in [0, 0.1) is 6.92 Å². The summed E-state index contributed by atoms with van der Waals surface area (Å²) in [6.07, 6.45) is -0.0388. The molecule has 0 unspecified atom stereocenters. The maximum Gasteiger partial charge on any atom is 0.308 e. The number of anilines is 2. The number of aromatic nitrogens is 1. The molecule has 0 aliphatic rings. The van der Waals surface area contributed by atoms with Crippen LogP contribution in [0.2, 0.25) is 0 Å². The normalized spacial score (nSPS) is 10.6. The van der Waals surface area contributed by atoms with Gasteiger partial charge in [0.15, 0.2) is 5.13 Å². The minimum Gasteiger partial charge on any atom is -0.481 e. The van der Waals surface area contributed by atoms with Crippen LogP contribution < -0.4 is 5.32 Å². The number of rotatable bonds is 5. The highest BCUT2D eigenvalue weighted by atomic mass is 79.9. The van der Waals surface area contributed by atoms with Crippen LogP contribution in [0.1, 0.15) is 10.4 Å². The number of thiazole rings is 1. The van der Waals surface area contributed by atoms with E-state index in [0.29, 0.717) is 5.13 Å². The lowest BCUT2D eigenvalue weighted by atomic mass is 10.1. The first-order chi connectivity index (χ1) is 11.5. The molecule has 0 amide bonds. The van der Waals surface area contributed by atoms with E-state index in [4.69, 9.17) is 5.11 Å². The van der Waals surface area contributed by atoms with Crippen LogP contribution in [0.15, 0.2) is 53.0 Å². The standard InChI is InChI=1S/C18H15BrN2O2S/c1-11-2-4-12(5-3-11)17-15(10-16(22)23)24-18(21-17)20-14-8-6-13(19)7-9-14/h2-9H,10H2,1H3,(H,20,21)(H,22,23). The molecule has 24 heavy (non-hydrogen) atoms. The molecule has 1 heterocycles. The highest BCUT2D eigenvalue weighted by Gasteiger charge is 2.16. The van der Waals surface area contributed by atoms with Gasteiger partial charge in [0.2, 0.25) is 0 Å². The molecule has 3 aromatic rings. The Morgan fingerprint density at radius 2 is 1.83 bits per heavy atom. The Morgan fingerprint density at radius 3 is 2.46 bits per heavy atom. The van der Waals surface area contributed by atoms with E-state index in [2.05, 4.69) is 26.2 Å². The second-order valence-corrected chi connectivity index (χ2v) is 7.36. The molecule has 6 heteroatoms. The average Bonchev–Trinajstić information content (AvgIpc) is 2.92. The molecular weight excluding hydrogens is 388 g/mol. The van der Waals surface area contributed by atoms with Gasteiger partial charge >= 0.3 is 5.97 Å². The van der Waals surface area contributed by atoms with Gasteiger partial charge in [-0.3, -0.25) is 4.79 Å². The third-order valence-corrected chi connectivity index (χ3v) is 4.93. The predicted molar refractivity (Wildman–Crippen MR) is 101 cm³/mol. The highest BCUT2D eigenvalue weighted by Crippen LogP contribution is 2.33. The van der Waals surface area contributed by atoms with Gasteiger partial charge in [0.1, 0.15) is 0 Å². The molecule has 0 radical (unpaired) electrons. The summed E-state index contributed by atoms with van der Waals surface area (Å²) in [5.74, 6) is -0.859. The molecule has 0 aliphatic heterocycles. The SMILES string of the molecule is Cc1ccc(-c2nc(Nc3ccc(Br)cc3)sc2CC(=O)O)cc1. The topological polar surface area (TPSA) is 62.2 Å². The van der Waals surface area contributed by atoms with Crippen LogP contribution >= 0.6 is 27.3 Å². The van der Waals surface area contributed by atoms with Crippen LogP contribution in [-0.4, -0.2) is 16.1 Å². The monoisotopic (exact) mass is 402 g/mol. The summed E-state index contributed by atoms with van der Waals surface area (Å²) in [5, 5.41) is 13.1. The quantitative estimate of drug-likeness (QED) is 0.611. The lowest BCUT2D eigenvalue weighted by molar-refractivity contribution is -0.136. The summed E-state index contributed by atoms with van der Waals surface area (Å²) in [6, 6.07) is 15.7. The summed E-state index contributed by atoms with van der Waals surface area (Å²) < 4.78 is 0.999. The number of halogens is 1. The summed E-state index contributed by atoms with van der Waals surface area (Å²) in [6.45, 7) is 2.02. The fourth-order valence-electron chi connectivity index (χ4n) is 2.26. The molecule has 2 aromatic carbocycles. The summed E-state index contributed by atoms with van der Waals surface area (Å²) >= 11 is 4.78. The van der Waals surface area contributed by atoms with E-state index in [1.54, 1.807) is 0 Å². The zero-order chi connectivity index (χ0) is 17.1. The van der Waals surface area contributed by atoms with Crippen LogP contribution in [0.3, 0.4) is 0 Å². The number of nitrogens with zero attached hydrogens (tertiary/aromatic N) is 1. The van der Waals surface area contributed by atoms with Gasteiger partial charge in [-0.25, -0.2) is 4.98 Å². The Hall–Kier alpha value is -2.18. The van der Waals surface area contributed by atoms with E-state index in [1.165, 1.54) is 11.3 Å². The Kier molecular flexibility index (Phi) is 4.97. The van der Waals surface area contributed by atoms with Gasteiger partial charge in [-0.05, 0) is 31.2 Å². The van der Waals surface area contributed by atoms with E-state index in [-0.39, 0.29) is 6.42 Å². The second kappa shape index (κ2) is 7.15. The second-order valence-electron chi connectivity index (χ2n) is 5.36. The number of hydrogen-bond donors (Lipinski definition) is 2. The average molecular weight is 403 g/mol. The molecular formula is C18H15BrN2O2S. The first-order valence-electron chi connectivity index (χ1n) is 7.32. The zero-order valence-electron chi connectivity index (χ0n) is 12.9. The molecule has 3 rings (SSSR count). The van der Waals surface area contributed by atoms with E-state index in [0.717, 1.165) is 31.9 Å². The van der Waals surface area contributed by atoms with Gasteiger partial charge in [-0.15, -0.1) is 11.3 Å². The molecule has 0 aliphatic carbocycles. The fraction of sp³-hybridized carbons (Fsp3) is 0.111. The van der Waals surface area contributed by atoms with Gasteiger partial charge in [0.25, 0.3) is 0 Å². The van der Waals surface area contributed by atoms with Crippen molar-refractivity contribution in [1.29, 1.82) is 0 Å². The Morgan fingerprint density at radius 1 is 1.17 bits per heavy atom. The summed E-state index contributed by atoms with van der Waals surface area (Å²) in [7, 11) is 0. The predicted octanol–water partition coefficient (Wildman–Crippen LogP) is 5.25. The summed E-state index contributed by atoms with van der Waals surface area (Å²) in [5.41, 5.74) is 3.71. The number of aryl methyl sites for hydroxylation is 1. The molecule has 122 valence electrons. The number of nitrogens with one attached hydrogen (secondary N) is 1. The van der Waals surface area contributed by atoms with Crippen molar-refractivity contribution in [3.05, 3.63) is 63.4 Å². The third-order valence-electron chi connectivity index (χ3n) is 3.43. The van der Waals surface area contributed by atoms with Crippen molar-refractivity contribution < 1.29 is 9.90 Å². The Balaban J connectivity index is 1.94. The largest absolute Gasteiger partial charge is 0.481 e.